The van der Waals surface area contributed by atoms with Crippen molar-refractivity contribution in [2.45, 2.75) is 32.6 Å². The Balaban J connectivity index is 1.61. The highest BCUT2D eigenvalue weighted by Crippen LogP contribution is 2.23. The number of anilines is 2. The lowest BCUT2D eigenvalue weighted by Gasteiger charge is -2.18. The molecule has 0 spiro atoms. The summed E-state index contributed by atoms with van der Waals surface area (Å²) in [6.07, 6.45) is 5.93. The number of hydrogen-bond donors (Lipinski definition) is 1. The third-order valence-electron chi connectivity index (χ3n) is 4.62. The first-order valence-corrected chi connectivity index (χ1v) is 9.06. The first-order chi connectivity index (χ1) is 12.1. The molecule has 0 bridgehead atoms. The highest BCUT2D eigenvalue weighted by molar-refractivity contribution is 6.02. The van der Waals surface area contributed by atoms with Gasteiger partial charge in [-0.05, 0) is 54.2 Å². The molecule has 25 heavy (non-hydrogen) atoms. The van der Waals surface area contributed by atoms with E-state index in [0.717, 1.165) is 24.3 Å². The summed E-state index contributed by atoms with van der Waals surface area (Å²) in [5.41, 5.74) is 4.36. The Morgan fingerprint density at radius 2 is 1.80 bits per heavy atom. The van der Waals surface area contributed by atoms with Crippen LogP contribution in [0.25, 0.3) is 6.08 Å². The fourth-order valence-electron chi connectivity index (χ4n) is 3.10. The van der Waals surface area contributed by atoms with Gasteiger partial charge in [0.1, 0.15) is 0 Å². The van der Waals surface area contributed by atoms with Crippen LogP contribution in [-0.4, -0.2) is 19.0 Å². The van der Waals surface area contributed by atoms with Gasteiger partial charge in [0, 0.05) is 30.5 Å². The van der Waals surface area contributed by atoms with E-state index in [0.29, 0.717) is 5.92 Å². The van der Waals surface area contributed by atoms with E-state index in [-0.39, 0.29) is 5.91 Å². The van der Waals surface area contributed by atoms with Gasteiger partial charge < -0.3 is 10.2 Å². The molecule has 3 heteroatoms. The number of nitrogens with zero attached hydrogens (tertiary/aromatic N) is 1. The second kappa shape index (κ2) is 8.02. The van der Waals surface area contributed by atoms with E-state index < -0.39 is 0 Å². The molecule has 1 N–H and O–H groups in total. The number of carbonyl (C=O) groups excluding carboxylic acids is 1. The first kappa shape index (κ1) is 17.3. The summed E-state index contributed by atoms with van der Waals surface area (Å²) in [6.45, 7) is 6.55. The Kier molecular flexibility index (Phi) is 5.54. The average molecular weight is 334 g/mol. The molecule has 1 amide bonds. The zero-order valence-corrected chi connectivity index (χ0v) is 15.0. The van der Waals surface area contributed by atoms with Gasteiger partial charge in [0.05, 0.1) is 0 Å². The van der Waals surface area contributed by atoms with Crippen LogP contribution in [0.15, 0.2) is 54.6 Å². The Bertz CT molecular complexity index is 741. The Labute approximate surface area is 150 Å². The number of rotatable bonds is 5. The quantitative estimate of drug-likeness (QED) is 0.775. The summed E-state index contributed by atoms with van der Waals surface area (Å²) in [6, 6.07) is 16.4. The van der Waals surface area contributed by atoms with Gasteiger partial charge in [-0.1, -0.05) is 44.2 Å². The highest BCUT2D eigenvalue weighted by Gasteiger charge is 2.12. The van der Waals surface area contributed by atoms with Crippen LogP contribution in [0, 0.1) is 0 Å². The third-order valence-corrected chi connectivity index (χ3v) is 4.62. The predicted octanol–water partition coefficient (Wildman–Crippen LogP) is 5.06. The van der Waals surface area contributed by atoms with Crippen molar-refractivity contribution in [3.8, 4) is 0 Å². The Hall–Kier alpha value is -2.55. The lowest BCUT2D eigenvalue weighted by Crippen LogP contribution is -2.17. The van der Waals surface area contributed by atoms with Crippen molar-refractivity contribution in [3.05, 3.63) is 65.7 Å². The van der Waals surface area contributed by atoms with Gasteiger partial charge in [-0.15, -0.1) is 0 Å². The van der Waals surface area contributed by atoms with E-state index in [4.69, 9.17) is 0 Å². The molecule has 1 fully saturated rings. The topological polar surface area (TPSA) is 32.3 Å². The van der Waals surface area contributed by atoms with Crippen molar-refractivity contribution in [1.82, 2.24) is 0 Å². The molecule has 2 aromatic carbocycles. The predicted molar refractivity (Wildman–Crippen MR) is 106 cm³/mol. The molecular formula is C22H26N2O. The second-order valence-electron chi connectivity index (χ2n) is 6.89. The molecule has 0 unspecified atom stereocenters. The van der Waals surface area contributed by atoms with Crippen molar-refractivity contribution in [3.63, 3.8) is 0 Å². The monoisotopic (exact) mass is 334 g/mol. The Morgan fingerprint density at radius 1 is 1.08 bits per heavy atom. The van der Waals surface area contributed by atoms with Gasteiger partial charge in [-0.3, -0.25) is 4.79 Å². The van der Waals surface area contributed by atoms with Gasteiger partial charge in [-0.2, -0.15) is 0 Å². The van der Waals surface area contributed by atoms with Gasteiger partial charge in [0.25, 0.3) is 0 Å². The summed E-state index contributed by atoms with van der Waals surface area (Å²) in [5.74, 6) is 0.413. The van der Waals surface area contributed by atoms with Crippen LogP contribution in [0.2, 0.25) is 0 Å². The molecule has 3 rings (SSSR count). The molecule has 2 aromatic rings. The standard InChI is InChI=1S/C22H26N2O/c1-17(2)19-11-8-18(9-12-19)10-13-22(25)23-20-6-5-7-21(16-20)24-14-3-4-15-24/h5-13,16-17H,3-4,14-15H2,1-2H3,(H,23,25)/b13-10+. The van der Waals surface area contributed by atoms with E-state index in [2.05, 4.69) is 48.3 Å². The summed E-state index contributed by atoms with van der Waals surface area (Å²) < 4.78 is 0. The van der Waals surface area contributed by atoms with E-state index in [9.17, 15) is 4.79 Å². The smallest absolute Gasteiger partial charge is 0.248 e. The minimum absolute atomic E-state index is 0.105. The molecule has 130 valence electrons. The fraction of sp³-hybridized carbons (Fsp3) is 0.318. The maximum Gasteiger partial charge on any atom is 0.248 e. The van der Waals surface area contributed by atoms with E-state index in [1.165, 1.54) is 24.1 Å². The Morgan fingerprint density at radius 3 is 2.48 bits per heavy atom. The van der Waals surface area contributed by atoms with E-state index in [1.54, 1.807) is 6.08 Å². The molecule has 3 nitrogen and oxygen atoms in total. The van der Waals surface area contributed by atoms with Gasteiger partial charge in [-0.25, -0.2) is 0 Å². The molecular weight excluding hydrogens is 308 g/mol. The molecule has 1 aliphatic heterocycles. The molecule has 0 saturated carbocycles. The fourth-order valence-corrected chi connectivity index (χ4v) is 3.10. The number of nitrogens with one attached hydrogen (secondary N) is 1. The van der Waals surface area contributed by atoms with E-state index in [1.807, 2.05) is 30.3 Å². The zero-order chi connectivity index (χ0) is 17.6. The highest BCUT2D eigenvalue weighted by atomic mass is 16.1. The molecule has 0 atom stereocenters. The van der Waals surface area contributed by atoms with Crippen molar-refractivity contribution in [2.75, 3.05) is 23.3 Å². The van der Waals surface area contributed by atoms with Crippen LogP contribution in [0.4, 0.5) is 11.4 Å². The summed E-state index contributed by atoms with van der Waals surface area (Å²) in [7, 11) is 0. The maximum absolute atomic E-state index is 12.2. The van der Waals surface area contributed by atoms with Crippen LogP contribution in [0.1, 0.15) is 43.7 Å². The van der Waals surface area contributed by atoms with Crippen LogP contribution >= 0.6 is 0 Å². The molecule has 1 heterocycles. The second-order valence-corrected chi connectivity index (χ2v) is 6.89. The first-order valence-electron chi connectivity index (χ1n) is 9.06. The number of amides is 1. The summed E-state index contributed by atoms with van der Waals surface area (Å²) in [4.78, 5) is 14.5. The van der Waals surface area contributed by atoms with Crippen LogP contribution < -0.4 is 10.2 Å². The third kappa shape index (κ3) is 4.72. The average Bonchev–Trinajstić information content (AvgIpc) is 3.15. The number of hydrogen-bond acceptors (Lipinski definition) is 2. The van der Waals surface area contributed by atoms with Crippen molar-refractivity contribution in [1.29, 1.82) is 0 Å². The maximum atomic E-state index is 12.2. The van der Waals surface area contributed by atoms with Crippen molar-refractivity contribution in [2.24, 2.45) is 0 Å². The van der Waals surface area contributed by atoms with Gasteiger partial charge in [0.2, 0.25) is 5.91 Å². The number of carbonyl (C=O) groups is 1. The molecule has 0 aromatic heterocycles. The lowest BCUT2D eigenvalue weighted by atomic mass is 10.0. The minimum atomic E-state index is -0.105. The number of benzene rings is 2. The molecule has 0 aliphatic carbocycles. The zero-order valence-electron chi connectivity index (χ0n) is 15.0. The van der Waals surface area contributed by atoms with Crippen LogP contribution in [0.5, 0.6) is 0 Å². The minimum Gasteiger partial charge on any atom is -0.371 e. The molecule has 1 aliphatic rings. The summed E-state index contributed by atoms with van der Waals surface area (Å²) in [5, 5.41) is 2.95. The van der Waals surface area contributed by atoms with Crippen LogP contribution in [-0.2, 0) is 4.79 Å². The SMILES string of the molecule is CC(C)c1ccc(/C=C/C(=O)Nc2cccc(N3CCCC3)c2)cc1. The largest absolute Gasteiger partial charge is 0.371 e. The molecule has 1 saturated heterocycles. The summed E-state index contributed by atoms with van der Waals surface area (Å²) >= 11 is 0. The van der Waals surface area contributed by atoms with Crippen LogP contribution in [0.3, 0.4) is 0 Å². The lowest BCUT2D eigenvalue weighted by molar-refractivity contribution is -0.111. The molecule has 0 radical (unpaired) electrons. The van der Waals surface area contributed by atoms with E-state index >= 15 is 0 Å². The van der Waals surface area contributed by atoms with Crippen molar-refractivity contribution < 1.29 is 4.79 Å². The normalized spacial score (nSPS) is 14.4. The van der Waals surface area contributed by atoms with Gasteiger partial charge in [0.15, 0.2) is 0 Å². The van der Waals surface area contributed by atoms with Gasteiger partial charge >= 0.3 is 0 Å². The van der Waals surface area contributed by atoms with Crippen molar-refractivity contribution >= 4 is 23.4 Å².